The van der Waals surface area contributed by atoms with Crippen LogP contribution in [0, 0.1) is 0 Å². The molecule has 0 aliphatic rings. The van der Waals surface area contributed by atoms with Gasteiger partial charge in [-0.05, 0) is 58.5 Å². The Morgan fingerprint density at radius 3 is 2.70 bits per heavy atom. The maximum atomic E-state index is 11.9. The zero-order valence-electron chi connectivity index (χ0n) is 11.9. The molecule has 1 heterocycles. The molecule has 0 aliphatic heterocycles. The van der Waals surface area contributed by atoms with E-state index in [9.17, 15) is 4.79 Å². The van der Waals surface area contributed by atoms with E-state index in [-0.39, 0.29) is 5.91 Å². The maximum Gasteiger partial charge on any atom is 0.248 e. The average molecular weight is 326 g/mol. The van der Waals surface area contributed by atoms with Crippen LogP contribution < -0.4 is 5.32 Å². The molecule has 0 aliphatic carbocycles. The monoisotopic (exact) mass is 325 g/mol. The summed E-state index contributed by atoms with van der Waals surface area (Å²) in [5, 5.41) is 14.3. The van der Waals surface area contributed by atoms with E-state index in [1.54, 1.807) is 30.3 Å². The summed E-state index contributed by atoms with van der Waals surface area (Å²) in [5.74, 6) is -0.222. The molecule has 3 aromatic rings. The summed E-state index contributed by atoms with van der Waals surface area (Å²) in [5.41, 5.74) is 2.35. The highest BCUT2D eigenvalue weighted by molar-refractivity contribution is 6.30. The molecule has 0 saturated carbocycles. The number of amides is 1. The van der Waals surface area contributed by atoms with Gasteiger partial charge in [0.2, 0.25) is 5.91 Å². The number of hydrogen-bond acceptors (Lipinski definition) is 4. The quantitative estimate of drug-likeness (QED) is 0.748. The highest BCUT2D eigenvalue weighted by Gasteiger charge is 2.01. The molecule has 6 nitrogen and oxygen atoms in total. The maximum absolute atomic E-state index is 11.9. The Kier molecular flexibility index (Phi) is 4.44. The van der Waals surface area contributed by atoms with Gasteiger partial charge in [0.05, 0.1) is 5.69 Å². The molecule has 1 N–H and O–H groups in total. The minimum absolute atomic E-state index is 0.222. The summed E-state index contributed by atoms with van der Waals surface area (Å²) in [6.07, 6.45) is 4.67. The Morgan fingerprint density at radius 1 is 1.17 bits per heavy atom. The van der Waals surface area contributed by atoms with Crippen molar-refractivity contribution in [3.05, 3.63) is 71.5 Å². The number of hydrogen-bond donors (Lipinski definition) is 1. The second kappa shape index (κ2) is 6.85. The smallest absolute Gasteiger partial charge is 0.248 e. The Balaban J connectivity index is 1.64. The number of carbonyl (C=O) groups excluding carboxylic acids is 1. The number of nitrogens with zero attached hydrogens (tertiary/aromatic N) is 4. The molecule has 23 heavy (non-hydrogen) atoms. The average Bonchev–Trinajstić information content (AvgIpc) is 3.08. The second-order valence-electron chi connectivity index (χ2n) is 4.68. The molecular formula is C16H12ClN5O. The van der Waals surface area contributed by atoms with Crippen molar-refractivity contribution >= 4 is 29.3 Å². The number of aromatic nitrogens is 4. The number of halogens is 1. The topological polar surface area (TPSA) is 72.7 Å². The molecule has 2 aromatic carbocycles. The summed E-state index contributed by atoms with van der Waals surface area (Å²) in [6, 6.07) is 14.5. The van der Waals surface area contributed by atoms with Crippen LogP contribution in [-0.4, -0.2) is 26.1 Å². The van der Waals surface area contributed by atoms with Crippen LogP contribution >= 0.6 is 11.6 Å². The summed E-state index contributed by atoms with van der Waals surface area (Å²) in [4.78, 5) is 11.9. The van der Waals surface area contributed by atoms with Crippen molar-refractivity contribution in [1.29, 1.82) is 0 Å². The van der Waals surface area contributed by atoms with E-state index in [0.717, 1.165) is 11.3 Å². The van der Waals surface area contributed by atoms with Crippen LogP contribution in [0.1, 0.15) is 5.56 Å². The van der Waals surface area contributed by atoms with E-state index in [0.29, 0.717) is 10.7 Å². The van der Waals surface area contributed by atoms with Gasteiger partial charge in [0.1, 0.15) is 6.33 Å². The molecule has 0 fully saturated rings. The third-order valence-corrected chi connectivity index (χ3v) is 3.26. The fraction of sp³-hybridized carbons (Fsp3) is 0. The van der Waals surface area contributed by atoms with Gasteiger partial charge >= 0.3 is 0 Å². The van der Waals surface area contributed by atoms with Crippen molar-refractivity contribution in [2.75, 3.05) is 5.32 Å². The molecule has 0 unspecified atom stereocenters. The van der Waals surface area contributed by atoms with Gasteiger partial charge in [-0.1, -0.05) is 23.7 Å². The highest BCUT2D eigenvalue weighted by atomic mass is 35.5. The third kappa shape index (κ3) is 4.02. The summed E-state index contributed by atoms with van der Waals surface area (Å²) in [7, 11) is 0. The first-order valence-electron chi connectivity index (χ1n) is 6.79. The lowest BCUT2D eigenvalue weighted by Gasteiger charge is -2.04. The SMILES string of the molecule is O=C(/C=C/c1cccc(Cl)c1)Nc1ccc(-n2cnnn2)cc1. The van der Waals surface area contributed by atoms with Crippen molar-refractivity contribution in [1.82, 2.24) is 20.2 Å². The molecule has 0 radical (unpaired) electrons. The van der Waals surface area contributed by atoms with Crippen molar-refractivity contribution < 1.29 is 4.79 Å². The third-order valence-electron chi connectivity index (χ3n) is 3.02. The van der Waals surface area contributed by atoms with E-state index in [1.807, 2.05) is 24.3 Å². The molecule has 7 heteroatoms. The lowest BCUT2D eigenvalue weighted by molar-refractivity contribution is -0.111. The minimum Gasteiger partial charge on any atom is -0.323 e. The van der Waals surface area contributed by atoms with E-state index in [1.165, 1.54) is 17.1 Å². The van der Waals surface area contributed by atoms with Crippen molar-refractivity contribution in [3.8, 4) is 5.69 Å². The summed E-state index contributed by atoms with van der Waals surface area (Å²) in [6.45, 7) is 0. The number of anilines is 1. The van der Waals surface area contributed by atoms with Gasteiger partial charge in [-0.15, -0.1) is 5.10 Å². The van der Waals surface area contributed by atoms with Gasteiger partial charge in [-0.25, -0.2) is 4.68 Å². The largest absolute Gasteiger partial charge is 0.323 e. The summed E-state index contributed by atoms with van der Waals surface area (Å²) < 4.78 is 1.53. The van der Waals surface area contributed by atoms with E-state index in [2.05, 4.69) is 20.8 Å². The van der Waals surface area contributed by atoms with Crippen molar-refractivity contribution in [2.45, 2.75) is 0 Å². The van der Waals surface area contributed by atoms with Gasteiger partial charge in [0.25, 0.3) is 0 Å². The number of carbonyl (C=O) groups is 1. The van der Waals surface area contributed by atoms with Gasteiger partial charge in [-0.2, -0.15) is 0 Å². The number of nitrogens with one attached hydrogen (secondary N) is 1. The molecule has 0 atom stereocenters. The van der Waals surface area contributed by atoms with E-state index in [4.69, 9.17) is 11.6 Å². The fourth-order valence-electron chi connectivity index (χ4n) is 1.94. The van der Waals surface area contributed by atoms with Gasteiger partial charge in [0, 0.05) is 16.8 Å². The predicted molar refractivity (Wildman–Crippen MR) is 88.3 cm³/mol. The van der Waals surface area contributed by atoms with Crippen LogP contribution in [0.15, 0.2) is 60.9 Å². The second-order valence-corrected chi connectivity index (χ2v) is 5.12. The van der Waals surface area contributed by atoms with Gasteiger partial charge in [0.15, 0.2) is 0 Å². The zero-order chi connectivity index (χ0) is 16.1. The first-order chi connectivity index (χ1) is 11.2. The van der Waals surface area contributed by atoms with Crippen LogP contribution in [0.2, 0.25) is 5.02 Å². The van der Waals surface area contributed by atoms with Crippen molar-refractivity contribution in [2.24, 2.45) is 0 Å². The molecule has 1 amide bonds. The molecule has 0 saturated heterocycles. The van der Waals surface area contributed by atoms with Crippen LogP contribution in [0.5, 0.6) is 0 Å². The van der Waals surface area contributed by atoms with Gasteiger partial charge < -0.3 is 5.32 Å². The number of tetrazole rings is 1. The number of rotatable bonds is 4. The van der Waals surface area contributed by atoms with E-state index < -0.39 is 0 Å². The fourth-order valence-corrected chi connectivity index (χ4v) is 2.14. The Labute approximate surface area is 137 Å². The summed E-state index contributed by atoms with van der Waals surface area (Å²) >= 11 is 5.90. The van der Waals surface area contributed by atoms with Crippen LogP contribution in [0.25, 0.3) is 11.8 Å². The lowest BCUT2D eigenvalue weighted by Crippen LogP contribution is -2.07. The predicted octanol–water partition coefficient (Wildman–Crippen LogP) is 2.97. The van der Waals surface area contributed by atoms with Crippen molar-refractivity contribution in [3.63, 3.8) is 0 Å². The van der Waals surface area contributed by atoms with Gasteiger partial charge in [-0.3, -0.25) is 4.79 Å². The van der Waals surface area contributed by atoms with Crippen LogP contribution in [-0.2, 0) is 4.79 Å². The van der Waals surface area contributed by atoms with Crippen LogP contribution in [0.4, 0.5) is 5.69 Å². The molecular weight excluding hydrogens is 314 g/mol. The Hall–Kier alpha value is -2.99. The zero-order valence-corrected chi connectivity index (χ0v) is 12.7. The molecule has 3 rings (SSSR count). The standard InChI is InChI=1S/C16H12ClN5O/c17-13-3-1-2-12(10-13)4-9-16(23)19-14-5-7-15(8-6-14)22-11-18-20-21-22/h1-11H,(H,19,23)/b9-4+. The molecule has 114 valence electrons. The first kappa shape index (κ1) is 14.9. The molecule has 1 aromatic heterocycles. The Bertz CT molecular complexity index is 828. The Morgan fingerprint density at radius 2 is 2.00 bits per heavy atom. The van der Waals surface area contributed by atoms with Crippen LogP contribution in [0.3, 0.4) is 0 Å². The molecule has 0 spiro atoms. The first-order valence-corrected chi connectivity index (χ1v) is 7.16. The highest BCUT2D eigenvalue weighted by Crippen LogP contribution is 2.13. The van der Waals surface area contributed by atoms with E-state index >= 15 is 0 Å². The normalized spacial score (nSPS) is 10.8. The molecule has 0 bridgehead atoms. The lowest BCUT2D eigenvalue weighted by atomic mass is 10.2. The number of benzene rings is 2. The minimum atomic E-state index is -0.222.